The molecule has 0 bridgehead atoms. The predicted molar refractivity (Wildman–Crippen MR) is 146 cm³/mol. The molecular formula is C29H61OP. The second-order valence-electron chi connectivity index (χ2n) is 10.1. The maximum absolute atomic E-state index is 9.24. The summed E-state index contributed by atoms with van der Waals surface area (Å²) in [6, 6.07) is 0. The molecule has 0 aromatic rings. The molecule has 0 aliphatic heterocycles. The van der Waals surface area contributed by atoms with Crippen molar-refractivity contribution < 1.29 is 5.11 Å². The van der Waals surface area contributed by atoms with Crippen molar-refractivity contribution in [1.29, 1.82) is 0 Å². The largest absolute Gasteiger partial charge is 0.396 e. The van der Waals surface area contributed by atoms with E-state index in [1.807, 2.05) is 0 Å². The van der Waals surface area contributed by atoms with Crippen LogP contribution in [0.2, 0.25) is 0 Å². The smallest absolute Gasteiger partial charge is 0.0431 e. The first-order valence-electron chi connectivity index (χ1n) is 14.7. The fourth-order valence-electron chi connectivity index (χ4n) is 4.73. The third-order valence-corrected chi connectivity index (χ3v) is 8.27. The van der Waals surface area contributed by atoms with Gasteiger partial charge in [0.25, 0.3) is 0 Å². The summed E-state index contributed by atoms with van der Waals surface area (Å²) in [5, 5.41) is 9.24. The van der Waals surface area contributed by atoms with E-state index in [0.717, 1.165) is 12.3 Å². The van der Waals surface area contributed by atoms with Gasteiger partial charge < -0.3 is 5.11 Å². The van der Waals surface area contributed by atoms with Crippen molar-refractivity contribution in [2.24, 2.45) is 5.92 Å². The van der Waals surface area contributed by atoms with E-state index in [1.165, 1.54) is 162 Å². The van der Waals surface area contributed by atoms with Gasteiger partial charge in [0, 0.05) is 6.61 Å². The van der Waals surface area contributed by atoms with Crippen LogP contribution in [0.3, 0.4) is 0 Å². The van der Waals surface area contributed by atoms with Crippen LogP contribution in [0.25, 0.3) is 0 Å². The number of unbranched alkanes of at least 4 members (excludes halogenated alkanes) is 17. The lowest BCUT2D eigenvalue weighted by Gasteiger charge is -2.16. The van der Waals surface area contributed by atoms with Crippen LogP contribution < -0.4 is 0 Å². The van der Waals surface area contributed by atoms with E-state index in [0.29, 0.717) is 6.61 Å². The third kappa shape index (κ3) is 26.5. The van der Waals surface area contributed by atoms with Gasteiger partial charge in [-0.25, -0.2) is 0 Å². The van der Waals surface area contributed by atoms with Crippen LogP contribution in [0, 0.1) is 5.92 Å². The van der Waals surface area contributed by atoms with Gasteiger partial charge in [-0.05, 0) is 43.9 Å². The van der Waals surface area contributed by atoms with Gasteiger partial charge in [0.15, 0.2) is 0 Å². The molecule has 1 nitrogen and oxygen atoms in total. The Morgan fingerprint density at radius 1 is 0.452 bits per heavy atom. The van der Waals surface area contributed by atoms with Gasteiger partial charge in [-0.2, -0.15) is 0 Å². The van der Waals surface area contributed by atoms with Crippen LogP contribution in [-0.4, -0.2) is 24.0 Å². The molecule has 0 rings (SSSR count). The molecular weight excluding hydrogens is 395 g/mol. The van der Waals surface area contributed by atoms with Crippen LogP contribution in [0.4, 0.5) is 0 Å². The molecule has 0 fully saturated rings. The molecule has 0 saturated carbocycles. The van der Waals surface area contributed by atoms with Gasteiger partial charge in [0.05, 0.1) is 0 Å². The maximum atomic E-state index is 9.24. The quantitative estimate of drug-likeness (QED) is 0.0962. The highest BCUT2D eigenvalue weighted by Gasteiger charge is 2.08. The highest BCUT2D eigenvalue weighted by Crippen LogP contribution is 2.25. The maximum Gasteiger partial charge on any atom is 0.0431 e. The molecule has 0 aliphatic rings. The standard InChI is InChI=1S/C29H61OP/c1-3-5-7-9-11-13-14-16-18-20-23-29(24-22-26-30)25-28-31-27-21-19-17-15-12-10-8-6-4-2/h29-31H,3-28H2,1-2H3. The minimum Gasteiger partial charge on any atom is -0.396 e. The first-order chi connectivity index (χ1) is 15.3. The van der Waals surface area contributed by atoms with Crippen molar-refractivity contribution in [2.45, 2.75) is 162 Å². The summed E-state index contributed by atoms with van der Waals surface area (Å²) in [6.45, 7) is 4.98. The lowest BCUT2D eigenvalue weighted by atomic mass is 9.93. The molecule has 188 valence electrons. The predicted octanol–water partition coefficient (Wildman–Crippen LogP) is 10.3. The fraction of sp³-hybridized carbons (Fsp3) is 1.00. The zero-order chi connectivity index (χ0) is 22.7. The van der Waals surface area contributed by atoms with E-state index in [2.05, 4.69) is 13.8 Å². The van der Waals surface area contributed by atoms with E-state index >= 15 is 0 Å². The number of aliphatic hydroxyl groups is 1. The Balaban J connectivity index is 3.50. The molecule has 2 atom stereocenters. The topological polar surface area (TPSA) is 20.2 Å². The summed E-state index contributed by atoms with van der Waals surface area (Å²) >= 11 is 0. The summed E-state index contributed by atoms with van der Waals surface area (Å²) in [6.07, 6.45) is 35.4. The summed E-state index contributed by atoms with van der Waals surface area (Å²) in [5.41, 5.74) is 0. The van der Waals surface area contributed by atoms with Crippen molar-refractivity contribution in [1.82, 2.24) is 0 Å². The summed E-state index contributed by atoms with van der Waals surface area (Å²) in [7, 11) is 1.18. The highest BCUT2D eigenvalue weighted by atomic mass is 31.1. The number of hydrogen-bond acceptors (Lipinski definition) is 1. The normalized spacial score (nSPS) is 12.9. The molecule has 0 aliphatic carbocycles. The Labute approximate surface area is 200 Å². The SMILES string of the molecule is CCCCCCCCCCCCC(CCCO)CCPCCCCCCCCCCC. The highest BCUT2D eigenvalue weighted by molar-refractivity contribution is 7.37. The average Bonchev–Trinajstić information content (AvgIpc) is 2.78. The van der Waals surface area contributed by atoms with E-state index in [-0.39, 0.29) is 0 Å². The van der Waals surface area contributed by atoms with Gasteiger partial charge in [0.2, 0.25) is 0 Å². The van der Waals surface area contributed by atoms with Crippen LogP contribution in [0.15, 0.2) is 0 Å². The lowest BCUT2D eigenvalue weighted by Crippen LogP contribution is -2.04. The van der Waals surface area contributed by atoms with Gasteiger partial charge in [0.1, 0.15) is 0 Å². The third-order valence-electron chi connectivity index (χ3n) is 6.92. The molecule has 0 amide bonds. The zero-order valence-electron chi connectivity index (χ0n) is 21.9. The first kappa shape index (κ1) is 31.4. The van der Waals surface area contributed by atoms with Crippen molar-refractivity contribution in [3.8, 4) is 0 Å². The average molecular weight is 457 g/mol. The molecule has 2 unspecified atom stereocenters. The van der Waals surface area contributed by atoms with Gasteiger partial charge in [-0.3, -0.25) is 0 Å². The second-order valence-corrected chi connectivity index (χ2v) is 11.6. The van der Waals surface area contributed by atoms with Crippen LogP contribution in [0.1, 0.15) is 162 Å². The summed E-state index contributed by atoms with van der Waals surface area (Å²) < 4.78 is 0. The Morgan fingerprint density at radius 2 is 0.871 bits per heavy atom. The van der Waals surface area contributed by atoms with Gasteiger partial charge in [-0.15, -0.1) is 8.58 Å². The Morgan fingerprint density at radius 3 is 1.35 bits per heavy atom. The number of rotatable bonds is 27. The van der Waals surface area contributed by atoms with Crippen molar-refractivity contribution in [3.05, 3.63) is 0 Å². The van der Waals surface area contributed by atoms with Crippen LogP contribution in [0.5, 0.6) is 0 Å². The molecule has 31 heavy (non-hydrogen) atoms. The fourth-order valence-corrected chi connectivity index (χ4v) is 6.09. The van der Waals surface area contributed by atoms with Crippen LogP contribution in [-0.2, 0) is 0 Å². The van der Waals surface area contributed by atoms with E-state index < -0.39 is 0 Å². The van der Waals surface area contributed by atoms with E-state index in [9.17, 15) is 5.11 Å². The lowest BCUT2D eigenvalue weighted by molar-refractivity contribution is 0.265. The van der Waals surface area contributed by atoms with E-state index in [1.54, 1.807) is 0 Å². The molecule has 0 heterocycles. The second kappa shape index (κ2) is 28.4. The minimum atomic E-state index is 0.384. The Hall–Kier alpha value is 0.390. The van der Waals surface area contributed by atoms with Crippen molar-refractivity contribution in [2.75, 3.05) is 18.9 Å². The first-order valence-corrected chi connectivity index (χ1v) is 16.1. The van der Waals surface area contributed by atoms with Gasteiger partial charge in [-0.1, -0.05) is 136 Å². The molecule has 2 heteroatoms. The number of aliphatic hydroxyl groups excluding tert-OH is 1. The van der Waals surface area contributed by atoms with Crippen molar-refractivity contribution in [3.63, 3.8) is 0 Å². The Kier molecular flexibility index (Phi) is 28.8. The molecule has 0 aromatic carbocycles. The monoisotopic (exact) mass is 456 g/mol. The van der Waals surface area contributed by atoms with Crippen molar-refractivity contribution >= 4 is 8.58 Å². The molecule has 0 aromatic heterocycles. The molecule has 1 N–H and O–H groups in total. The molecule has 0 radical (unpaired) electrons. The van der Waals surface area contributed by atoms with E-state index in [4.69, 9.17) is 0 Å². The van der Waals surface area contributed by atoms with Gasteiger partial charge >= 0.3 is 0 Å². The molecule has 0 spiro atoms. The zero-order valence-corrected chi connectivity index (χ0v) is 22.9. The summed E-state index contributed by atoms with van der Waals surface area (Å²) in [5.74, 6) is 0.886. The number of hydrogen-bond donors (Lipinski definition) is 1. The minimum absolute atomic E-state index is 0.384. The summed E-state index contributed by atoms with van der Waals surface area (Å²) in [4.78, 5) is 0. The molecule has 0 saturated heterocycles. The van der Waals surface area contributed by atoms with Crippen LogP contribution >= 0.6 is 8.58 Å². The Bertz CT molecular complexity index is 307.